The lowest BCUT2D eigenvalue weighted by Crippen LogP contribution is -2.45. The third-order valence-electron chi connectivity index (χ3n) is 4.91. The van der Waals surface area contributed by atoms with Crippen LogP contribution in [-0.2, 0) is 22.5 Å². The van der Waals surface area contributed by atoms with Gasteiger partial charge < -0.3 is 9.64 Å². The maximum Gasteiger partial charge on any atom is 0.228 e. The summed E-state index contributed by atoms with van der Waals surface area (Å²) in [6.45, 7) is 4.66. The molecule has 0 aliphatic carbocycles. The molecule has 0 saturated carbocycles. The monoisotopic (exact) mass is 341 g/mol. The largest absolute Gasteiger partial charge is 0.374 e. The highest BCUT2D eigenvalue weighted by Gasteiger charge is 2.26. The highest BCUT2D eigenvalue weighted by atomic mass is 16.5. The van der Waals surface area contributed by atoms with Gasteiger partial charge in [0.1, 0.15) is 12.7 Å². The van der Waals surface area contributed by atoms with E-state index in [1.807, 2.05) is 23.1 Å². The number of morpholine rings is 1. The summed E-state index contributed by atoms with van der Waals surface area (Å²) in [5, 5.41) is 4.13. The summed E-state index contributed by atoms with van der Waals surface area (Å²) in [5.74, 6) is 0.212. The van der Waals surface area contributed by atoms with Gasteiger partial charge in [-0.25, -0.2) is 4.98 Å². The van der Waals surface area contributed by atoms with E-state index in [2.05, 4.69) is 21.0 Å². The maximum absolute atomic E-state index is 12.6. The van der Waals surface area contributed by atoms with E-state index in [4.69, 9.17) is 4.74 Å². The average molecular weight is 341 g/mol. The molecular weight excluding hydrogens is 318 g/mol. The molecule has 1 atom stereocenters. The van der Waals surface area contributed by atoms with Gasteiger partial charge in [0.15, 0.2) is 0 Å². The molecular formula is C18H23N5O2. The third kappa shape index (κ3) is 3.72. The van der Waals surface area contributed by atoms with E-state index in [-0.39, 0.29) is 12.0 Å². The van der Waals surface area contributed by atoms with Gasteiger partial charge in [0, 0.05) is 38.3 Å². The smallest absolute Gasteiger partial charge is 0.228 e. The first-order valence-corrected chi connectivity index (χ1v) is 8.84. The minimum atomic E-state index is 0.0954. The highest BCUT2D eigenvalue weighted by Crippen LogP contribution is 2.27. The van der Waals surface area contributed by atoms with E-state index >= 15 is 0 Å². The standard InChI is InChI=1S/C18H23N5O2/c24-18(23-8-5-15-3-1-2-4-17(15)23)6-7-21-9-10-25-16(11-21)12-22-14-19-13-20-22/h1-4,13-14,16H,5-12H2. The summed E-state index contributed by atoms with van der Waals surface area (Å²) in [7, 11) is 0. The van der Waals surface area contributed by atoms with E-state index in [0.717, 1.165) is 38.3 Å². The van der Waals surface area contributed by atoms with E-state index < -0.39 is 0 Å². The van der Waals surface area contributed by atoms with Crippen LogP contribution in [0.5, 0.6) is 0 Å². The summed E-state index contributed by atoms with van der Waals surface area (Å²) in [6, 6.07) is 8.19. The second kappa shape index (κ2) is 7.33. The minimum Gasteiger partial charge on any atom is -0.374 e. The molecule has 0 spiro atoms. The Hall–Kier alpha value is -2.25. The van der Waals surface area contributed by atoms with Gasteiger partial charge in [-0.05, 0) is 18.1 Å². The predicted molar refractivity (Wildman–Crippen MR) is 93.3 cm³/mol. The van der Waals surface area contributed by atoms with Crippen LogP contribution in [0.3, 0.4) is 0 Å². The Bertz CT molecular complexity index is 718. The Morgan fingerprint density at radius 1 is 1.28 bits per heavy atom. The molecule has 1 aromatic carbocycles. The van der Waals surface area contributed by atoms with Gasteiger partial charge in [0.2, 0.25) is 5.91 Å². The van der Waals surface area contributed by atoms with Gasteiger partial charge in [-0.1, -0.05) is 18.2 Å². The Balaban J connectivity index is 1.29. The maximum atomic E-state index is 12.6. The number of carbonyl (C=O) groups excluding carboxylic acids is 1. The first-order valence-electron chi connectivity index (χ1n) is 8.84. The highest BCUT2D eigenvalue weighted by molar-refractivity contribution is 5.95. The number of para-hydroxylation sites is 1. The summed E-state index contributed by atoms with van der Waals surface area (Å²) in [5.41, 5.74) is 2.36. The normalized spacial score (nSPS) is 20.6. The Kier molecular flexibility index (Phi) is 4.76. The molecule has 1 amide bonds. The van der Waals surface area contributed by atoms with Crippen LogP contribution in [0.4, 0.5) is 5.69 Å². The SMILES string of the molecule is O=C(CCN1CCOC(Cn2cncn2)C1)N1CCc2ccccc21. The number of amides is 1. The van der Waals surface area contributed by atoms with Crippen molar-refractivity contribution in [3.63, 3.8) is 0 Å². The Labute approximate surface area is 147 Å². The van der Waals surface area contributed by atoms with Crippen LogP contribution in [0.25, 0.3) is 0 Å². The molecule has 25 heavy (non-hydrogen) atoms. The number of hydrogen-bond donors (Lipinski definition) is 0. The number of nitrogens with zero attached hydrogens (tertiary/aromatic N) is 5. The predicted octanol–water partition coefficient (Wildman–Crippen LogP) is 0.958. The summed E-state index contributed by atoms with van der Waals surface area (Å²) in [4.78, 5) is 20.8. The van der Waals surface area contributed by atoms with Crippen molar-refractivity contribution in [2.24, 2.45) is 0 Å². The van der Waals surface area contributed by atoms with Crippen LogP contribution < -0.4 is 4.90 Å². The molecule has 1 unspecified atom stereocenters. The van der Waals surface area contributed by atoms with Crippen molar-refractivity contribution in [3.05, 3.63) is 42.5 Å². The number of rotatable bonds is 5. The van der Waals surface area contributed by atoms with Gasteiger partial charge in [0.25, 0.3) is 0 Å². The first-order chi connectivity index (χ1) is 12.3. The van der Waals surface area contributed by atoms with Crippen LogP contribution in [0.2, 0.25) is 0 Å². The molecule has 3 heterocycles. The van der Waals surface area contributed by atoms with Crippen molar-refractivity contribution in [2.75, 3.05) is 37.7 Å². The van der Waals surface area contributed by atoms with Gasteiger partial charge in [-0.15, -0.1) is 0 Å². The average Bonchev–Trinajstić information content (AvgIpc) is 3.29. The lowest BCUT2D eigenvalue weighted by molar-refractivity contribution is -0.119. The van der Waals surface area contributed by atoms with Gasteiger partial charge in [0.05, 0.1) is 19.3 Å². The molecule has 0 radical (unpaired) electrons. The molecule has 1 fully saturated rings. The number of anilines is 1. The number of carbonyl (C=O) groups is 1. The molecule has 4 rings (SSSR count). The van der Waals surface area contributed by atoms with Crippen molar-refractivity contribution < 1.29 is 9.53 Å². The molecule has 0 N–H and O–H groups in total. The summed E-state index contributed by atoms with van der Waals surface area (Å²) < 4.78 is 7.60. The topological polar surface area (TPSA) is 63.5 Å². The second-order valence-electron chi connectivity index (χ2n) is 6.59. The Morgan fingerprint density at radius 2 is 2.20 bits per heavy atom. The molecule has 7 nitrogen and oxygen atoms in total. The van der Waals surface area contributed by atoms with Crippen LogP contribution >= 0.6 is 0 Å². The Morgan fingerprint density at radius 3 is 3.08 bits per heavy atom. The fraction of sp³-hybridized carbons (Fsp3) is 0.500. The second-order valence-corrected chi connectivity index (χ2v) is 6.59. The quantitative estimate of drug-likeness (QED) is 0.810. The fourth-order valence-corrected chi connectivity index (χ4v) is 3.62. The van der Waals surface area contributed by atoms with Gasteiger partial charge in [-0.2, -0.15) is 5.10 Å². The molecule has 0 bridgehead atoms. The number of ether oxygens (including phenoxy) is 1. The molecule has 132 valence electrons. The third-order valence-corrected chi connectivity index (χ3v) is 4.91. The lowest BCUT2D eigenvalue weighted by atomic mass is 10.2. The lowest BCUT2D eigenvalue weighted by Gasteiger charge is -2.33. The van der Waals surface area contributed by atoms with Crippen molar-refractivity contribution in [2.45, 2.75) is 25.5 Å². The van der Waals surface area contributed by atoms with Crippen LogP contribution in [0.15, 0.2) is 36.9 Å². The molecule has 2 aliphatic heterocycles. The number of aromatic nitrogens is 3. The number of hydrogen-bond acceptors (Lipinski definition) is 5. The zero-order valence-corrected chi connectivity index (χ0v) is 14.3. The van der Waals surface area contributed by atoms with Gasteiger partial charge >= 0.3 is 0 Å². The summed E-state index contributed by atoms with van der Waals surface area (Å²) >= 11 is 0. The van der Waals surface area contributed by atoms with Gasteiger partial charge in [-0.3, -0.25) is 14.4 Å². The number of benzene rings is 1. The zero-order valence-electron chi connectivity index (χ0n) is 14.3. The minimum absolute atomic E-state index is 0.0954. The molecule has 7 heteroatoms. The number of fused-ring (bicyclic) bond motifs is 1. The van der Waals surface area contributed by atoms with Crippen molar-refractivity contribution in [3.8, 4) is 0 Å². The van der Waals surface area contributed by atoms with Crippen molar-refractivity contribution >= 4 is 11.6 Å². The fourth-order valence-electron chi connectivity index (χ4n) is 3.62. The van der Waals surface area contributed by atoms with E-state index in [9.17, 15) is 4.79 Å². The molecule has 2 aliphatic rings. The van der Waals surface area contributed by atoms with E-state index in [1.54, 1.807) is 11.0 Å². The molecule has 1 aromatic heterocycles. The summed E-state index contributed by atoms with van der Waals surface area (Å²) in [6.07, 6.45) is 4.84. The molecule has 2 aromatic rings. The zero-order chi connectivity index (χ0) is 17.1. The van der Waals surface area contributed by atoms with Crippen LogP contribution in [0, 0.1) is 0 Å². The van der Waals surface area contributed by atoms with Crippen LogP contribution in [0.1, 0.15) is 12.0 Å². The van der Waals surface area contributed by atoms with E-state index in [1.165, 1.54) is 11.9 Å². The van der Waals surface area contributed by atoms with Crippen molar-refractivity contribution in [1.29, 1.82) is 0 Å². The van der Waals surface area contributed by atoms with E-state index in [0.29, 0.717) is 19.6 Å². The van der Waals surface area contributed by atoms with Crippen LogP contribution in [-0.4, -0.2) is 64.5 Å². The van der Waals surface area contributed by atoms with Crippen molar-refractivity contribution in [1.82, 2.24) is 19.7 Å². The first kappa shape index (κ1) is 16.2. The molecule has 1 saturated heterocycles.